The first-order valence-electron chi connectivity index (χ1n) is 12.3. The average Bonchev–Trinajstić information content (AvgIpc) is 2.77. The van der Waals surface area contributed by atoms with Gasteiger partial charge in [0.25, 0.3) is 0 Å². The Kier molecular flexibility index (Phi) is 7.92. The molecule has 1 saturated heterocycles. The van der Waals surface area contributed by atoms with Crippen LogP contribution in [-0.2, 0) is 9.53 Å². The van der Waals surface area contributed by atoms with Crippen molar-refractivity contribution in [1.82, 2.24) is 10.2 Å². The van der Waals surface area contributed by atoms with Gasteiger partial charge in [-0.25, -0.2) is 4.79 Å². The van der Waals surface area contributed by atoms with E-state index in [2.05, 4.69) is 25.7 Å². The molecule has 2 saturated carbocycles. The minimum absolute atomic E-state index is 0.0496. The predicted molar refractivity (Wildman–Crippen MR) is 123 cm³/mol. The highest BCUT2D eigenvalue weighted by Gasteiger charge is 2.60. The first-order chi connectivity index (χ1) is 15.2. The Morgan fingerprint density at radius 1 is 1.19 bits per heavy atom. The van der Waals surface area contributed by atoms with E-state index in [1.54, 1.807) is 6.08 Å². The zero-order valence-corrected chi connectivity index (χ0v) is 20.0. The SMILES string of the molecule is C=CCNC(=O)O[C@@H]1CC[C@]2(C)[C@H](CC[C@@H](O)[C@H]2CC(=O)N2CCC(C)CC2)[C@]1(C)CO. The van der Waals surface area contributed by atoms with Gasteiger partial charge in [0.1, 0.15) is 6.10 Å². The van der Waals surface area contributed by atoms with Gasteiger partial charge in [0, 0.05) is 31.5 Å². The van der Waals surface area contributed by atoms with Crippen molar-refractivity contribution >= 4 is 12.0 Å². The molecule has 0 bridgehead atoms. The molecule has 3 rings (SSSR count). The third kappa shape index (κ3) is 4.84. The van der Waals surface area contributed by atoms with Gasteiger partial charge in [-0.3, -0.25) is 4.79 Å². The fraction of sp³-hybridized carbons (Fsp3) is 0.840. The number of rotatable bonds is 6. The fourth-order valence-corrected chi connectivity index (χ4v) is 6.68. The van der Waals surface area contributed by atoms with E-state index in [4.69, 9.17) is 4.74 Å². The van der Waals surface area contributed by atoms with Crippen molar-refractivity contribution in [3.8, 4) is 0 Å². The molecule has 2 amide bonds. The Labute approximate surface area is 192 Å². The Bertz CT molecular complexity index is 692. The molecule has 2 aliphatic carbocycles. The number of carbonyl (C=O) groups is 2. The van der Waals surface area contributed by atoms with Gasteiger partial charge >= 0.3 is 6.09 Å². The molecule has 3 N–H and O–H groups in total. The van der Waals surface area contributed by atoms with Crippen LogP contribution in [0.15, 0.2) is 12.7 Å². The van der Waals surface area contributed by atoms with Crippen molar-refractivity contribution < 1.29 is 24.5 Å². The minimum Gasteiger partial charge on any atom is -0.446 e. The highest BCUT2D eigenvalue weighted by molar-refractivity contribution is 5.76. The van der Waals surface area contributed by atoms with Crippen molar-refractivity contribution in [2.45, 2.75) is 77.9 Å². The predicted octanol–water partition coefficient (Wildman–Crippen LogP) is 3.10. The first kappa shape index (κ1) is 25.0. The molecule has 3 aliphatic rings. The molecule has 1 heterocycles. The molecular weight excluding hydrogens is 408 g/mol. The maximum atomic E-state index is 13.2. The van der Waals surface area contributed by atoms with Crippen molar-refractivity contribution in [3.63, 3.8) is 0 Å². The van der Waals surface area contributed by atoms with Gasteiger partial charge in [-0.1, -0.05) is 26.8 Å². The second-order valence-electron chi connectivity index (χ2n) is 10.8. The number of hydrogen-bond donors (Lipinski definition) is 3. The van der Waals surface area contributed by atoms with E-state index in [1.165, 1.54) is 0 Å². The lowest BCUT2D eigenvalue weighted by molar-refractivity contribution is -0.187. The van der Waals surface area contributed by atoms with Gasteiger partial charge in [0.05, 0.1) is 12.7 Å². The molecule has 0 spiro atoms. The number of hydrogen-bond acceptors (Lipinski definition) is 5. The molecule has 182 valence electrons. The molecule has 7 heteroatoms. The van der Waals surface area contributed by atoms with Crippen molar-refractivity contribution in [2.75, 3.05) is 26.2 Å². The number of likely N-dealkylation sites (tertiary alicyclic amines) is 1. The molecule has 0 unspecified atom stereocenters. The molecule has 32 heavy (non-hydrogen) atoms. The third-order valence-corrected chi connectivity index (χ3v) is 8.85. The maximum absolute atomic E-state index is 13.2. The number of ether oxygens (including phenoxy) is 1. The van der Waals surface area contributed by atoms with Crippen LogP contribution in [0, 0.1) is 28.6 Å². The highest BCUT2D eigenvalue weighted by Crippen LogP contribution is 2.61. The molecule has 3 fully saturated rings. The summed E-state index contributed by atoms with van der Waals surface area (Å²) in [4.78, 5) is 27.3. The lowest BCUT2D eigenvalue weighted by atomic mass is 9.46. The fourth-order valence-electron chi connectivity index (χ4n) is 6.68. The number of aliphatic hydroxyl groups excluding tert-OH is 2. The Balaban J connectivity index is 1.76. The Hall–Kier alpha value is -1.60. The molecule has 0 aromatic heterocycles. The lowest BCUT2D eigenvalue weighted by Crippen LogP contribution is -2.61. The largest absolute Gasteiger partial charge is 0.446 e. The lowest BCUT2D eigenvalue weighted by Gasteiger charge is -2.60. The highest BCUT2D eigenvalue weighted by atomic mass is 16.6. The number of amides is 2. The Morgan fingerprint density at radius 3 is 2.50 bits per heavy atom. The number of nitrogens with zero attached hydrogens (tertiary/aromatic N) is 1. The van der Waals surface area contributed by atoms with E-state index in [9.17, 15) is 19.8 Å². The smallest absolute Gasteiger partial charge is 0.407 e. The number of carbonyl (C=O) groups excluding carboxylic acids is 2. The molecule has 1 aliphatic heterocycles. The van der Waals surface area contributed by atoms with E-state index < -0.39 is 23.7 Å². The normalized spacial score (nSPS) is 38.0. The summed E-state index contributed by atoms with van der Waals surface area (Å²) in [7, 11) is 0. The van der Waals surface area contributed by atoms with E-state index in [0.717, 1.165) is 38.8 Å². The number of nitrogens with one attached hydrogen (secondary N) is 1. The minimum atomic E-state index is -0.624. The molecule has 7 nitrogen and oxygen atoms in total. The van der Waals surface area contributed by atoms with Crippen LogP contribution < -0.4 is 5.32 Å². The monoisotopic (exact) mass is 450 g/mol. The van der Waals surface area contributed by atoms with Crippen LogP contribution in [0.1, 0.15) is 65.7 Å². The zero-order chi connectivity index (χ0) is 23.5. The second-order valence-corrected chi connectivity index (χ2v) is 10.8. The summed E-state index contributed by atoms with van der Waals surface area (Å²) < 4.78 is 5.75. The third-order valence-electron chi connectivity index (χ3n) is 8.85. The standard InChI is InChI=1S/C25H42N2O5/c1-5-12-26-23(31)32-21-8-11-24(3)18(15-22(30)27-13-9-17(2)10-14-27)19(29)6-7-20(24)25(21,4)16-28/h5,17-21,28-29H,1,6-16H2,2-4H3,(H,26,31)/t18-,19-,20+,21-,24+,25+/m1/s1. The molecule has 0 aromatic carbocycles. The van der Waals surface area contributed by atoms with E-state index in [1.807, 2.05) is 11.8 Å². The van der Waals surface area contributed by atoms with Crippen LogP contribution in [0.5, 0.6) is 0 Å². The van der Waals surface area contributed by atoms with Crippen molar-refractivity contribution in [2.24, 2.45) is 28.6 Å². The summed E-state index contributed by atoms with van der Waals surface area (Å²) >= 11 is 0. The Morgan fingerprint density at radius 2 is 1.88 bits per heavy atom. The molecule has 6 atom stereocenters. The van der Waals surface area contributed by atoms with Crippen LogP contribution in [0.3, 0.4) is 0 Å². The summed E-state index contributed by atoms with van der Waals surface area (Å²) in [5.41, 5.74) is -0.925. The van der Waals surface area contributed by atoms with Gasteiger partial charge < -0.3 is 25.2 Å². The molecular formula is C25H42N2O5. The average molecular weight is 451 g/mol. The van der Waals surface area contributed by atoms with Gasteiger partial charge in [0.2, 0.25) is 5.91 Å². The number of aliphatic hydroxyl groups is 2. The second kappa shape index (κ2) is 10.1. The van der Waals surface area contributed by atoms with Gasteiger partial charge in [-0.15, -0.1) is 6.58 Å². The van der Waals surface area contributed by atoms with Crippen LogP contribution in [-0.4, -0.2) is 65.6 Å². The summed E-state index contributed by atoms with van der Waals surface area (Å²) in [5, 5.41) is 24.1. The summed E-state index contributed by atoms with van der Waals surface area (Å²) in [6.07, 6.45) is 5.26. The quantitative estimate of drug-likeness (QED) is 0.540. The first-order valence-corrected chi connectivity index (χ1v) is 12.3. The van der Waals surface area contributed by atoms with Crippen LogP contribution >= 0.6 is 0 Å². The molecule has 0 radical (unpaired) electrons. The summed E-state index contributed by atoms with van der Waals surface area (Å²) in [6.45, 7) is 11.8. The molecule has 0 aromatic rings. The number of fused-ring (bicyclic) bond motifs is 1. The van der Waals surface area contributed by atoms with Crippen LogP contribution in [0.2, 0.25) is 0 Å². The van der Waals surface area contributed by atoms with E-state index >= 15 is 0 Å². The summed E-state index contributed by atoms with van der Waals surface area (Å²) in [6, 6.07) is 0. The number of piperidine rings is 1. The van der Waals surface area contributed by atoms with E-state index in [0.29, 0.717) is 31.7 Å². The van der Waals surface area contributed by atoms with Crippen LogP contribution in [0.4, 0.5) is 4.79 Å². The van der Waals surface area contributed by atoms with Crippen molar-refractivity contribution in [1.29, 1.82) is 0 Å². The van der Waals surface area contributed by atoms with Gasteiger partial charge in [-0.2, -0.15) is 0 Å². The topological polar surface area (TPSA) is 99.1 Å². The zero-order valence-electron chi connectivity index (χ0n) is 20.0. The van der Waals surface area contributed by atoms with Crippen molar-refractivity contribution in [3.05, 3.63) is 12.7 Å². The maximum Gasteiger partial charge on any atom is 0.407 e. The van der Waals surface area contributed by atoms with Gasteiger partial charge in [-0.05, 0) is 61.7 Å². The van der Waals surface area contributed by atoms with Gasteiger partial charge in [0.15, 0.2) is 0 Å². The van der Waals surface area contributed by atoms with Crippen LogP contribution in [0.25, 0.3) is 0 Å². The van der Waals surface area contributed by atoms with E-state index in [-0.39, 0.29) is 29.8 Å². The number of alkyl carbamates (subject to hydrolysis) is 1. The summed E-state index contributed by atoms with van der Waals surface area (Å²) in [5.74, 6) is 0.684.